The van der Waals surface area contributed by atoms with E-state index in [2.05, 4.69) is 34.5 Å². The van der Waals surface area contributed by atoms with Crippen LogP contribution in [0.15, 0.2) is 42.5 Å². The highest BCUT2D eigenvalue weighted by molar-refractivity contribution is 5.95. The molecule has 150 valence electrons. The molecule has 1 aliphatic rings. The molecule has 1 heterocycles. The van der Waals surface area contributed by atoms with Gasteiger partial charge in [-0.1, -0.05) is 25.0 Å². The van der Waals surface area contributed by atoms with E-state index in [9.17, 15) is 4.79 Å². The van der Waals surface area contributed by atoms with Crippen molar-refractivity contribution in [2.45, 2.75) is 32.1 Å². The second kappa shape index (κ2) is 10.0. The van der Waals surface area contributed by atoms with Crippen molar-refractivity contribution in [3.8, 4) is 11.5 Å². The molecular formula is C23H30N2O3. The van der Waals surface area contributed by atoms with E-state index in [1.165, 1.54) is 36.9 Å². The van der Waals surface area contributed by atoms with Crippen LogP contribution in [-0.4, -0.2) is 39.8 Å². The van der Waals surface area contributed by atoms with E-state index in [4.69, 9.17) is 9.47 Å². The molecule has 0 saturated carbocycles. The number of hydrogen-bond donors (Lipinski definition) is 1. The molecule has 0 spiro atoms. The molecule has 0 aromatic heterocycles. The van der Waals surface area contributed by atoms with Crippen molar-refractivity contribution in [2.75, 3.05) is 38.8 Å². The van der Waals surface area contributed by atoms with Gasteiger partial charge in [-0.2, -0.15) is 0 Å². The minimum atomic E-state index is -0.126. The zero-order valence-electron chi connectivity index (χ0n) is 16.9. The predicted molar refractivity (Wildman–Crippen MR) is 113 cm³/mol. The van der Waals surface area contributed by atoms with E-state index in [0.717, 1.165) is 19.5 Å². The Morgan fingerprint density at radius 3 is 2.11 bits per heavy atom. The summed E-state index contributed by atoms with van der Waals surface area (Å²) in [7, 11) is 3.15. The van der Waals surface area contributed by atoms with Gasteiger partial charge in [0.1, 0.15) is 11.5 Å². The third-order valence-corrected chi connectivity index (χ3v) is 5.22. The van der Waals surface area contributed by atoms with E-state index in [-0.39, 0.29) is 5.91 Å². The van der Waals surface area contributed by atoms with Crippen LogP contribution >= 0.6 is 0 Å². The number of anilines is 1. The van der Waals surface area contributed by atoms with Gasteiger partial charge in [-0.25, -0.2) is 0 Å². The Hall–Kier alpha value is -2.69. The Bertz CT molecular complexity index is 744. The summed E-state index contributed by atoms with van der Waals surface area (Å²) in [4.78, 5) is 14.9. The topological polar surface area (TPSA) is 50.8 Å². The van der Waals surface area contributed by atoms with Crippen molar-refractivity contribution >= 4 is 11.6 Å². The lowest BCUT2D eigenvalue weighted by atomic mass is 10.1. The highest BCUT2D eigenvalue weighted by atomic mass is 16.5. The van der Waals surface area contributed by atoms with E-state index in [0.29, 0.717) is 23.6 Å². The molecule has 5 heteroatoms. The van der Waals surface area contributed by atoms with Crippen LogP contribution in [0.4, 0.5) is 5.69 Å². The Kier molecular flexibility index (Phi) is 7.18. The van der Waals surface area contributed by atoms with Gasteiger partial charge >= 0.3 is 0 Å². The molecule has 0 aliphatic carbocycles. The lowest BCUT2D eigenvalue weighted by Gasteiger charge is -2.22. The van der Waals surface area contributed by atoms with Crippen molar-refractivity contribution in [1.82, 2.24) is 5.32 Å². The molecule has 28 heavy (non-hydrogen) atoms. The van der Waals surface area contributed by atoms with Crippen LogP contribution in [0.25, 0.3) is 0 Å². The summed E-state index contributed by atoms with van der Waals surface area (Å²) < 4.78 is 10.5. The molecule has 2 aromatic carbocycles. The molecule has 1 N–H and O–H groups in total. The highest BCUT2D eigenvalue weighted by Gasteiger charge is 2.11. The Labute approximate surface area is 167 Å². The lowest BCUT2D eigenvalue weighted by molar-refractivity contribution is 0.0953. The summed E-state index contributed by atoms with van der Waals surface area (Å²) in [5.41, 5.74) is 3.06. The summed E-state index contributed by atoms with van der Waals surface area (Å²) in [6.45, 7) is 2.89. The van der Waals surface area contributed by atoms with Gasteiger partial charge in [-0.15, -0.1) is 0 Å². The number of rotatable bonds is 7. The molecule has 0 atom stereocenters. The second-order valence-corrected chi connectivity index (χ2v) is 7.17. The largest absolute Gasteiger partial charge is 0.497 e. The molecule has 2 aromatic rings. The summed E-state index contributed by atoms with van der Waals surface area (Å²) in [6.07, 6.45) is 6.04. The summed E-state index contributed by atoms with van der Waals surface area (Å²) in [5, 5.41) is 2.98. The van der Waals surface area contributed by atoms with Crippen molar-refractivity contribution in [3.05, 3.63) is 53.6 Å². The number of amides is 1. The third-order valence-electron chi connectivity index (χ3n) is 5.22. The standard InChI is InChI=1S/C23H30N2O3/c1-27-21-15-19(16-22(17-21)28-2)23(26)24-12-11-18-7-9-20(10-8-18)25-13-5-3-4-6-14-25/h7-10,15-17H,3-6,11-14H2,1-2H3,(H,24,26). The van der Waals surface area contributed by atoms with Crippen LogP contribution in [0.3, 0.4) is 0 Å². The van der Waals surface area contributed by atoms with Gasteiger partial charge in [0, 0.05) is 37.0 Å². The first-order chi connectivity index (χ1) is 13.7. The normalized spacial score (nSPS) is 14.3. The average Bonchev–Trinajstić information content (AvgIpc) is 3.03. The molecular weight excluding hydrogens is 352 g/mol. The van der Waals surface area contributed by atoms with Crippen LogP contribution in [0.2, 0.25) is 0 Å². The van der Waals surface area contributed by atoms with Gasteiger partial charge in [-0.3, -0.25) is 4.79 Å². The fraction of sp³-hybridized carbons (Fsp3) is 0.435. The summed E-state index contributed by atoms with van der Waals surface area (Å²) in [6, 6.07) is 13.9. The van der Waals surface area contributed by atoms with Crippen molar-refractivity contribution < 1.29 is 14.3 Å². The molecule has 1 saturated heterocycles. The fourth-order valence-corrected chi connectivity index (χ4v) is 3.56. The van der Waals surface area contributed by atoms with E-state index >= 15 is 0 Å². The predicted octanol–water partition coefficient (Wildman–Crippen LogP) is 4.06. The SMILES string of the molecule is COc1cc(OC)cc(C(=O)NCCc2ccc(N3CCCCCC3)cc2)c1. The molecule has 1 amide bonds. The van der Waals surface area contributed by atoms with Crippen LogP contribution in [0.5, 0.6) is 11.5 Å². The number of hydrogen-bond acceptors (Lipinski definition) is 4. The fourth-order valence-electron chi connectivity index (χ4n) is 3.56. The van der Waals surface area contributed by atoms with Crippen LogP contribution < -0.4 is 19.7 Å². The van der Waals surface area contributed by atoms with Crippen molar-refractivity contribution in [2.24, 2.45) is 0 Å². The molecule has 0 unspecified atom stereocenters. The third kappa shape index (κ3) is 5.41. The molecule has 5 nitrogen and oxygen atoms in total. The van der Waals surface area contributed by atoms with Gasteiger partial charge in [-0.05, 0) is 49.1 Å². The Morgan fingerprint density at radius 2 is 1.54 bits per heavy atom. The zero-order valence-corrected chi connectivity index (χ0v) is 16.9. The second-order valence-electron chi connectivity index (χ2n) is 7.17. The zero-order chi connectivity index (χ0) is 19.8. The maximum Gasteiger partial charge on any atom is 0.251 e. The molecule has 0 radical (unpaired) electrons. The van der Waals surface area contributed by atoms with Crippen LogP contribution in [-0.2, 0) is 6.42 Å². The Balaban J connectivity index is 1.52. The number of carbonyl (C=O) groups is 1. The molecule has 0 bridgehead atoms. The van der Waals surface area contributed by atoms with Gasteiger partial charge < -0.3 is 19.7 Å². The summed E-state index contributed by atoms with van der Waals surface area (Å²) in [5.74, 6) is 1.08. The number of methoxy groups -OCH3 is 2. The lowest BCUT2D eigenvalue weighted by Crippen LogP contribution is -2.26. The first-order valence-corrected chi connectivity index (χ1v) is 10.0. The van der Waals surface area contributed by atoms with Crippen molar-refractivity contribution in [3.63, 3.8) is 0 Å². The maximum absolute atomic E-state index is 12.4. The Morgan fingerprint density at radius 1 is 0.929 bits per heavy atom. The molecule has 1 aliphatic heterocycles. The number of nitrogens with zero attached hydrogens (tertiary/aromatic N) is 1. The molecule has 3 rings (SSSR count). The van der Waals surface area contributed by atoms with Gasteiger partial charge in [0.25, 0.3) is 5.91 Å². The van der Waals surface area contributed by atoms with Gasteiger partial charge in [0.15, 0.2) is 0 Å². The number of nitrogens with one attached hydrogen (secondary N) is 1. The van der Waals surface area contributed by atoms with E-state index in [1.807, 2.05) is 0 Å². The quantitative estimate of drug-likeness (QED) is 0.785. The smallest absolute Gasteiger partial charge is 0.251 e. The highest BCUT2D eigenvalue weighted by Crippen LogP contribution is 2.23. The number of benzene rings is 2. The number of ether oxygens (including phenoxy) is 2. The van der Waals surface area contributed by atoms with Crippen molar-refractivity contribution in [1.29, 1.82) is 0 Å². The minimum absolute atomic E-state index is 0.126. The first-order valence-electron chi connectivity index (χ1n) is 10.0. The average molecular weight is 383 g/mol. The van der Waals surface area contributed by atoms with E-state index < -0.39 is 0 Å². The van der Waals surface area contributed by atoms with E-state index in [1.54, 1.807) is 32.4 Å². The summed E-state index contributed by atoms with van der Waals surface area (Å²) >= 11 is 0. The van der Waals surface area contributed by atoms with Gasteiger partial charge in [0.2, 0.25) is 0 Å². The number of carbonyl (C=O) groups excluding carboxylic acids is 1. The first kappa shape index (κ1) is 20.1. The maximum atomic E-state index is 12.4. The monoisotopic (exact) mass is 382 g/mol. The molecule has 1 fully saturated rings. The minimum Gasteiger partial charge on any atom is -0.497 e. The van der Waals surface area contributed by atoms with Crippen LogP contribution in [0.1, 0.15) is 41.6 Å². The van der Waals surface area contributed by atoms with Gasteiger partial charge in [0.05, 0.1) is 14.2 Å². The van der Waals surface area contributed by atoms with Crippen LogP contribution in [0, 0.1) is 0 Å².